The van der Waals surface area contributed by atoms with Crippen molar-refractivity contribution in [1.82, 2.24) is 5.32 Å². The predicted octanol–water partition coefficient (Wildman–Crippen LogP) is 3.75. The molecule has 1 aromatic rings. The molecule has 1 atom stereocenters. The van der Waals surface area contributed by atoms with Gasteiger partial charge >= 0.3 is 0 Å². The van der Waals surface area contributed by atoms with Crippen LogP contribution in [-0.2, 0) is 0 Å². The van der Waals surface area contributed by atoms with Gasteiger partial charge in [0.1, 0.15) is 12.4 Å². The summed E-state index contributed by atoms with van der Waals surface area (Å²) >= 11 is 11.4. The van der Waals surface area contributed by atoms with Gasteiger partial charge in [-0.05, 0) is 38.2 Å². The molecular weight excluding hydrogens is 245 g/mol. The van der Waals surface area contributed by atoms with Crippen molar-refractivity contribution in [3.63, 3.8) is 0 Å². The quantitative estimate of drug-likeness (QED) is 0.870. The Hall–Kier alpha value is -0.700. The Labute approximate surface area is 106 Å². The van der Waals surface area contributed by atoms with Gasteiger partial charge in [-0.2, -0.15) is 0 Å². The molecule has 0 fully saturated rings. The lowest BCUT2D eigenvalue weighted by molar-refractivity contribution is 0.355. The van der Waals surface area contributed by atoms with Crippen molar-refractivity contribution in [2.24, 2.45) is 0 Å². The molecule has 0 aliphatic heterocycles. The molecule has 16 heavy (non-hydrogen) atoms. The van der Waals surface area contributed by atoms with Crippen molar-refractivity contribution in [3.05, 3.63) is 40.4 Å². The van der Waals surface area contributed by atoms with Crippen LogP contribution in [-0.4, -0.2) is 13.7 Å². The van der Waals surface area contributed by atoms with Crippen LogP contribution >= 0.6 is 23.2 Å². The van der Waals surface area contributed by atoms with Gasteiger partial charge < -0.3 is 10.1 Å². The number of ether oxygens (including phenoxy) is 1. The number of halogens is 2. The largest absolute Gasteiger partial charge is 0.489 e. The van der Waals surface area contributed by atoms with Crippen molar-refractivity contribution >= 4 is 23.2 Å². The summed E-state index contributed by atoms with van der Waals surface area (Å²) in [5.41, 5.74) is 2.48. The monoisotopic (exact) mass is 259 g/mol. The molecule has 0 heterocycles. The molecule has 0 saturated heterocycles. The lowest BCUT2D eigenvalue weighted by Crippen LogP contribution is -2.13. The molecule has 0 spiro atoms. The second-order valence-corrected chi connectivity index (χ2v) is 4.05. The first-order valence-corrected chi connectivity index (χ1v) is 5.85. The molecule has 88 valence electrons. The zero-order valence-corrected chi connectivity index (χ0v) is 10.8. The smallest absolute Gasteiger partial charge is 0.124 e. The average molecular weight is 260 g/mol. The van der Waals surface area contributed by atoms with Gasteiger partial charge in [-0.25, -0.2) is 0 Å². The maximum atomic E-state index is 5.96. The molecule has 0 radical (unpaired) electrons. The highest BCUT2D eigenvalue weighted by Crippen LogP contribution is 2.28. The van der Waals surface area contributed by atoms with Crippen molar-refractivity contribution in [2.75, 3.05) is 13.7 Å². The minimum absolute atomic E-state index is 0.189. The highest BCUT2D eigenvalue weighted by Gasteiger charge is 2.10. The van der Waals surface area contributed by atoms with E-state index >= 15 is 0 Å². The van der Waals surface area contributed by atoms with Gasteiger partial charge in [0.2, 0.25) is 0 Å². The summed E-state index contributed by atoms with van der Waals surface area (Å²) in [6, 6.07) is 5.78. The second-order valence-electron chi connectivity index (χ2n) is 3.37. The Morgan fingerprint density at radius 2 is 2.25 bits per heavy atom. The summed E-state index contributed by atoms with van der Waals surface area (Å²) in [5.74, 6) is 0.820. The zero-order valence-electron chi connectivity index (χ0n) is 9.34. The third-order valence-electron chi connectivity index (χ3n) is 2.30. The first-order chi connectivity index (χ1) is 7.69. The highest BCUT2D eigenvalue weighted by molar-refractivity contribution is 6.30. The lowest BCUT2D eigenvalue weighted by atomic mass is 10.1. The Morgan fingerprint density at radius 1 is 1.50 bits per heavy atom. The van der Waals surface area contributed by atoms with Gasteiger partial charge in [0, 0.05) is 22.2 Å². The van der Waals surface area contributed by atoms with Gasteiger partial charge in [-0.3, -0.25) is 0 Å². The molecule has 0 bridgehead atoms. The minimum Gasteiger partial charge on any atom is -0.489 e. The molecule has 0 saturated carbocycles. The van der Waals surface area contributed by atoms with E-state index in [9.17, 15) is 0 Å². The maximum absolute atomic E-state index is 5.96. The van der Waals surface area contributed by atoms with Crippen LogP contribution in [0.4, 0.5) is 0 Å². The molecular formula is C12H15Cl2NO. The van der Waals surface area contributed by atoms with Gasteiger partial charge in [0.15, 0.2) is 0 Å². The topological polar surface area (TPSA) is 21.3 Å². The fraction of sp³-hybridized carbons (Fsp3) is 0.333. The van der Waals surface area contributed by atoms with E-state index in [1.807, 2.05) is 25.2 Å². The molecule has 1 N–H and O–H groups in total. The third kappa shape index (κ3) is 3.71. The second kappa shape index (κ2) is 6.79. The molecule has 0 aliphatic carbocycles. The van der Waals surface area contributed by atoms with Crippen LogP contribution in [0.15, 0.2) is 29.8 Å². The summed E-state index contributed by atoms with van der Waals surface area (Å²) in [7, 11) is 1.90. The number of hydrogen-bond donors (Lipinski definition) is 1. The number of nitrogens with one attached hydrogen (secondary N) is 1. The highest BCUT2D eigenvalue weighted by atomic mass is 35.5. The molecule has 0 aliphatic rings. The Morgan fingerprint density at radius 3 is 2.88 bits per heavy atom. The summed E-state index contributed by atoms with van der Waals surface area (Å²) in [4.78, 5) is 0. The summed E-state index contributed by atoms with van der Waals surface area (Å²) in [6.07, 6.45) is 1.74. The standard InChI is InChI=1S/C12H15Cl2NO/c1-9(15-2)11-8-10(14)4-5-12(11)16-7-3-6-13/h3-6,8-9,15H,7H2,1-2H3. The van der Waals surface area contributed by atoms with Crippen LogP contribution in [0.25, 0.3) is 0 Å². The van der Waals surface area contributed by atoms with Crippen LogP contribution in [0.5, 0.6) is 5.75 Å². The van der Waals surface area contributed by atoms with E-state index in [-0.39, 0.29) is 6.04 Å². The summed E-state index contributed by atoms with van der Waals surface area (Å²) in [6.45, 7) is 2.50. The number of rotatable bonds is 5. The van der Waals surface area contributed by atoms with Gasteiger partial charge in [0.05, 0.1) is 0 Å². The molecule has 2 nitrogen and oxygen atoms in total. The van der Waals surface area contributed by atoms with Crippen LogP contribution in [0.3, 0.4) is 0 Å². The normalized spacial score (nSPS) is 13.0. The molecule has 0 aromatic heterocycles. The van der Waals surface area contributed by atoms with E-state index in [0.29, 0.717) is 11.6 Å². The molecule has 1 aromatic carbocycles. The van der Waals surface area contributed by atoms with Crippen LogP contribution < -0.4 is 10.1 Å². The first kappa shape index (κ1) is 13.4. The lowest BCUT2D eigenvalue weighted by Gasteiger charge is -2.16. The molecule has 4 heteroatoms. The molecule has 0 amide bonds. The van der Waals surface area contributed by atoms with E-state index in [2.05, 4.69) is 12.2 Å². The van der Waals surface area contributed by atoms with E-state index in [0.717, 1.165) is 11.3 Å². The van der Waals surface area contributed by atoms with Gasteiger partial charge in [-0.1, -0.05) is 23.2 Å². The van der Waals surface area contributed by atoms with Crippen molar-refractivity contribution < 1.29 is 4.74 Å². The van der Waals surface area contributed by atoms with Crippen molar-refractivity contribution in [1.29, 1.82) is 0 Å². The zero-order chi connectivity index (χ0) is 12.0. The predicted molar refractivity (Wildman–Crippen MR) is 69.4 cm³/mol. The average Bonchev–Trinajstić information content (AvgIpc) is 2.30. The summed E-state index contributed by atoms with van der Waals surface area (Å²) in [5, 5.41) is 3.86. The molecule has 1 unspecified atom stereocenters. The van der Waals surface area contributed by atoms with Gasteiger partial charge in [0.25, 0.3) is 0 Å². The number of benzene rings is 1. The minimum atomic E-state index is 0.189. The van der Waals surface area contributed by atoms with E-state index in [1.54, 1.807) is 6.08 Å². The molecule has 1 rings (SSSR count). The Kier molecular flexibility index (Phi) is 5.67. The van der Waals surface area contributed by atoms with Crippen LogP contribution in [0.1, 0.15) is 18.5 Å². The third-order valence-corrected chi connectivity index (χ3v) is 2.71. The number of hydrogen-bond acceptors (Lipinski definition) is 2. The van der Waals surface area contributed by atoms with Crippen LogP contribution in [0, 0.1) is 0 Å². The van der Waals surface area contributed by atoms with Crippen LogP contribution in [0.2, 0.25) is 5.02 Å². The fourth-order valence-corrected chi connectivity index (χ4v) is 1.57. The van der Waals surface area contributed by atoms with Gasteiger partial charge in [-0.15, -0.1) is 0 Å². The Bertz CT molecular complexity index is 366. The van der Waals surface area contributed by atoms with Crippen molar-refractivity contribution in [3.8, 4) is 5.75 Å². The van der Waals surface area contributed by atoms with E-state index in [1.165, 1.54) is 5.54 Å². The Balaban J connectivity index is 2.88. The van der Waals surface area contributed by atoms with Crippen molar-refractivity contribution in [2.45, 2.75) is 13.0 Å². The fourth-order valence-electron chi connectivity index (χ4n) is 1.32. The van der Waals surface area contributed by atoms with E-state index in [4.69, 9.17) is 27.9 Å². The SMILES string of the molecule is CNC(C)c1cc(Cl)ccc1OCC=CCl. The maximum Gasteiger partial charge on any atom is 0.124 e. The first-order valence-electron chi connectivity index (χ1n) is 5.03. The van der Waals surface area contributed by atoms with E-state index < -0.39 is 0 Å². The summed E-state index contributed by atoms with van der Waals surface area (Å²) < 4.78 is 5.59.